The fourth-order valence-corrected chi connectivity index (χ4v) is 3.08. The van der Waals surface area contributed by atoms with E-state index in [0.717, 1.165) is 25.7 Å². The molecule has 2 fully saturated rings. The van der Waals surface area contributed by atoms with Crippen LogP contribution in [0.3, 0.4) is 0 Å². The number of nitrogens with one attached hydrogen (secondary N) is 1. The van der Waals surface area contributed by atoms with Crippen LogP contribution in [0.1, 0.15) is 44.9 Å². The van der Waals surface area contributed by atoms with E-state index in [0.29, 0.717) is 6.54 Å². The van der Waals surface area contributed by atoms with Gasteiger partial charge in [0.05, 0.1) is 18.2 Å². The van der Waals surface area contributed by atoms with Gasteiger partial charge < -0.3 is 15.2 Å². The maximum absolute atomic E-state index is 12.8. The Morgan fingerprint density at radius 1 is 1.22 bits per heavy atom. The van der Waals surface area contributed by atoms with E-state index in [-0.39, 0.29) is 11.7 Å². The molecular formula is C13H23F2NO2. The van der Waals surface area contributed by atoms with Gasteiger partial charge in [0.15, 0.2) is 0 Å². The van der Waals surface area contributed by atoms with Crippen molar-refractivity contribution in [1.82, 2.24) is 5.32 Å². The molecule has 0 aromatic rings. The molecule has 0 bridgehead atoms. The third-order valence-corrected chi connectivity index (χ3v) is 4.09. The van der Waals surface area contributed by atoms with Crippen LogP contribution >= 0.6 is 0 Å². The van der Waals surface area contributed by atoms with Crippen LogP contribution in [0.25, 0.3) is 0 Å². The molecule has 1 heterocycles. The first-order chi connectivity index (χ1) is 8.55. The number of alkyl halides is 2. The van der Waals surface area contributed by atoms with Crippen LogP contribution in [0, 0.1) is 0 Å². The van der Waals surface area contributed by atoms with Gasteiger partial charge in [-0.3, -0.25) is 0 Å². The second-order valence-electron chi connectivity index (χ2n) is 5.67. The molecule has 5 heteroatoms. The van der Waals surface area contributed by atoms with Gasteiger partial charge in [0, 0.05) is 6.54 Å². The van der Waals surface area contributed by atoms with Crippen LogP contribution in [0.4, 0.5) is 8.78 Å². The molecule has 106 valence electrons. The minimum atomic E-state index is -3.03. The lowest BCUT2D eigenvalue weighted by Crippen LogP contribution is -2.40. The van der Waals surface area contributed by atoms with Crippen molar-refractivity contribution in [3.05, 3.63) is 0 Å². The maximum Gasteiger partial charge on any atom is 0.282 e. The maximum atomic E-state index is 12.8. The van der Waals surface area contributed by atoms with E-state index in [1.54, 1.807) is 0 Å². The summed E-state index contributed by atoms with van der Waals surface area (Å²) in [5.74, 6) is -3.03. The molecule has 3 nitrogen and oxygen atoms in total. The minimum Gasteiger partial charge on any atom is -0.390 e. The molecule has 1 unspecified atom stereocenters. The number of hydrogen-bond acceptors (Lipinski definition) is 3. The number of aliphatic hydroxyl groups excluding tert-OH is 1. The van der Waals surface area contributed by atoms with Crippen molar-refractivity contribution < 1.29 is 18.6 Å². The lowest BCUT2D eigenvalue weighted by Gasteiger charge is -2.33. The second-order valence-corrected chi connectivity index (χ2v) is 5.67. The number of ether oxygens (including phenoxy) is 1. The van der Waals surface area contributed by atoms with Gasteiger partial charge in [0.1, 0.15) is 6.61 Å². The highest BCUT2D eigenvalue weighted by atomic mass is 19.3. The highest BCUT2D eigenvalue weighted by Crippen LogP contribution is 2.41. The SMILES string of the molecule is OCC(F)(F)CNCC1CCC2(CCCCC2)O1. The van der Waals surface area contributed by atoms with Gasteiger partial charge in [-0.05, 0) is 25.7 Å². The van der Waals surface area contributed by atoms with Crippen LogP contribution in [0.5, 0.6) is 0 Å². The van der Waals surface area contributed by atoms with Crippen molar-refractivity contribution >= 4 is 0 Å². The first-order valence-corrected chi connectivity index (χ1v) is 6.93. The fraction of sp³-hybridized carbons (Fsp3) is 1.00. The lowest BCUT2D eigenvalue weighted by atomic mass is 9.83. The Hall–Kier alpha value is -0.260. The summed E-state index contributed by atoms with van der Waals surface area (Å²) in [7, 11) is 0. The monoisotopic (exact) mass is 263 g/mol. The van der Waals surface area contributed by atoms with E-state index in [1.165, 1.54) is 19.3 Å². The van der Waals surface area contributed by atoms with E-state index >= 15 is 0 Å². The standard InChI is InChI=1S/C13H23F2NO2/c14-13(15,10-17)9-16-8-11-4-7-12(18-11)5-2-1-3-6-12/h11,16-17H,1-10H2. The van der Waals surface area contributed by atoms with Crippen LogP contribution in [-0.4, -0.2) is 42.4 Å². The predicted octanol–water partition coefficient (Wildman–Crippen LogP) is 2.09. The Morgan fingerprint density at radius 3 is 2.61 bits per heavy atom. The molecule has 0 aromatic carbocycles. The molecular weight excluding hydrogens is 240 g/mol. The summed E-state index contributed by atoms with van der Waals surface area (Å²) in [4.78, 5) is 0. The van der Waals surface area contributed by atoms with E-state index < -0.39 is 19.1 Å². The van der Waals surface area contributed by atoms with E-state index in [4.69, 9.17) is 9.84 Å². The fourth-order valence-electron chi connectivity index (χ4n) is 3.08. The zero-order chi connectivity index (χ0) is 13.1. The van der Waals surface area contributed by atoms with Crippen molar-refractivity contribution in [2.45, 2.75) is 62.6 Å². The van der Waals surface area contributed by atoms with Gasteiger partial charge in [-0.15, -0.1) is 0 Å². The van der Waals surface area contributed by atoms with E-state index in [1.807, 2.05) is 0 Å². The molecule has 2 rings (SSSR count). The van der Waals surface area contributed by atoms with Crippen LogP contribution in [-0.2, 0) is 4.74 Å². The highest BCUT2D eigenvalue weighted by molar-refractivity contribution is 4.91. The van der Waals surface area contributed by atoms with Gasteiger partial charge in [0.25, 0.3) is 5.92 Å². The van der Waals surface area contributed by atoms with Crippen molar-refractivity contribution in [3.8, 4) is 0 Å². The minimum absolute atomic E-state index is 0.0457. The molecule has 1 saturated carbocycles. The molecule has 2 aliphatic rings. The predicted molar refractivity (Wildman–Crippen MR) is 64.8 cm³/mol. The first-order valence-electron chi connectivity index (χ1n) is 6.93. The summed E-state index contributed by atoms with van der Waals surface area (Å²) in [6, 6.07) is 0. The molecule has 1 atom stereocenters. The van der Waals surface area contributed by atoms with E-state index in [2.05, 4.69) is 5.32 Å². The third-order valence-electron chi connectivity index (χ3n) is 4.09. The molecule has 1 spiro atoms. The van der Waals surface area contributed by atoms with Crippen LogP contribution in [0.15, 0.2) is 0 Å². The van der Waals surface area contributed by atoms with Crippen LogP contribution < -0.4 is 5.32 Å². The molecule has 0 amide bonds. The number of aliphatic hydroxyl groups is 1. The average molecular weight is 263 g/mol. The quantitative estimate of drug-likeness (QED) is 0.798. The zero-order valence-corrected chi connectivity index (χ0v) is 10.8. The summed E-state index contributed by atoms with van der Waals surface area (Å²) in [6.45, 7) is -1.12. The number of rotatable bonds is 5. The van der Waals surface area contributed by atoms with Crippen LogP contribution in [0.2, 0.25) is 0 Å². The van der Waals surface area contributed by atoms with Crippen molar-refractivity contribution in [1.29, 1.82) is 0 Å². The molecule has 1 saturated heterocycles. The highest BCUT2D eigenvalue weighted by Gasteiger charge is 2.40. The smallest absolute Gasteiger partial charge is 0.282 e. The molecule has 18 heavy (non-hydrogen) atoms. The van der Waals surface area contributed by atoms with Gasteiger partial charge in [-0.1, -0.05) is 19.3 Å². The van der Waals surface area contributed by atoms with Gasteiger partial charge >= 0.3 is 0 Å². The third kappa shape index (κ3) is 3.62. The molecule has 0 radical (unpaired) electrons. The number of hydrogen-bond donors (Lipinski definition) is 2. The van der Waals surface area contributed by atoms with Gasteiger partial charge in [-0.25, -0.2) is 8.78 Å². The Kier molecular flexibility index (Phi) is 4.56. The average Bonchev–Trinajstić information content (AvgIpc) is 2.73. The molecule has 2 N–H and O–H groups in total. The van der Waals surface area contributed by atoms with Crippen molar-refractivity contribution in [2.24, 2.45) is 0 Å². The molecule has 1 aliphatic heterocycles. The largest absolute Gasteiger partial charge is 0.390 e. The zero-order valence-electron chi connectivity index (χ0n) is 10.8. The Labute approximate surface area is 107 Å². The van der Waals surface area contributed by atoms with Crippen molar-refractivity contribution in [2.75, 3.05) is 19.7 Å². The summed E-state index contributed by atoms with van der Waals surface area (Å²) >= 11 is 0. The summed E-state index contributed by atoms with van der Waals surface area (Å²) in [6.07, 6.45) is 8.06. The number of halogens is 2. The second kappa shape index (κ2) is 5.80. The normalized spacial score (nSPS) is 27.8. The van der Waals surface area contributed by atoms with E-state index in [9.17, 15) is 8.78 Å². The topological polar surface area (TPSA) is 41.5 Å². The Morgan fingerprint density at radius 2 is 1.94 bits per heavy atom. The van der Waals surface area contributed by atoms with Gasteiger partial charge in [0.2, 0.25) is 0 Å². The molecule has 0 aromatic heterocycles. The molecule has 1 aliphatic carbocycles. The first kappa shape index (κ1) is 14.2. The summed E-state index contributed by atoms with van der Waals surface area (Å²) in [5, 5.41) is 11.2. The lowest BCUT2D eigenvalue weighted by molar-refractivity contribution is -0.0699. The Balaban J connectivity index is 1.69. The van der Waals surface area contributed by atoms with Gasteiger partial charge in [-0.2, -0.15) is 0 Å². The summed E-state index contributed by atoms with van der Waals surface area (Å²) < 4.78 is 31.7. The van der Waals surface area contributed by atoms with Crippen molar-refractivity contribution in [3.63, 3.8) is 0 Å². The Bertz CT molecular complexity index is 268. The summed E-state index contributed by atoms with van der Waals surface area (Å²) in [5.41, 5.74) is 0.0457.